The Morgan fingerprint density at radius 2 is 1.67 bits per heavy atom. The first-order chi connectivity index (χ1) is 9.44. The summed E-state index contributed by atoms with van der Waals surface area (Å²) in [6, 6.07) is 0. The van der Waals surface area contributed by atoms with Gasteiger partial charge in [0.2, 0.25) is 5.91 Å². The van der Waals surface area contributed by atoms with E-state index in [9.17, 15) is 22.8 Å². The largest absolute Gasteiger partial charge is 0.465 e. The van der Waals surface area contributed by atoms with Crippen LogP contribution in [0.5, 0.6) is 0 Å². The lowest BCUT2D eigenvalue weighted by atomic mass is 9.79. The van der Waals surface area contributed by atoms with Gasteiger partial charge in [-0.25, -0.2) is 0 Å². The third-order valence-electron chi connectivity index (χ3n) is 2.81. The van der Waals surface area contributed by atoms with Crippen molar-refractivity contribution in [2.75, 3.05) is 19.7 Å². The number of halogens is 3. The molecule has 0 heterocycles. The van der Waals surface area contributed by atoms with Crippen molar-refractivity contribution >= 4 is 11.9 Å². The van der Waals surface area contributed by atoms with Crippen LogP contribution in [0.3, 0.4) is 0 Å². The van der Waals surface area contributed by atoms with E-state index in [1.807, 2.05) is 0 Å². The Labute approximate surface area is 123 Å². The van der Waals surface area contributed by atoms with Gasteiger partial charge in [-0.05, 0) is 18.8 Å². The summed E-state index contributed by atoms with van der Waals surface area (Å²) in [6.07, 6.45) is -4.12. The van der Waals surface area contributed by atoms with Crippen LogP contribution in [0.1, 0.15) is 41.0 Å². The third kappa shape index (κ3) is 6.82. The molecule has 0 saturated carbocycles. The molecule has 0 bridgehead atoms. The Hall–Kier alpha value is -1.27. The van der Waals surface area contributed by atoms with E-state index in [0.29, 0.717) is 11.3 Å². The number of hydrogen-bond acceptors (Lipinski definition) is 3. The molecule has 0 aromatic carbocycles. The molecule has 1 atom stereocenters. The number of ether oxygens (including phenoxy) is 1. The Balaban J connectivity index is 5.35. The van der Waals surface area contributed by atoms with E-state index in [4.69, 9.17) is 4.74 Å². The van der Waals surface area contributed by atoms with Crippen LogP contribution in [0.4, 0.5) is 13.2 Å². The van der Waals surface area contributed by atoms with Crippen molar-refractivity contribution in [3.05, 3.63) is 0 Å². The molecule has 0 aliphatic rings. The van der Waals surface area contributed by atoms with Gasteiger partial charge >= 0.3 is 12.1 Å². The normalized spacial score (nSPS) is 13.7. The topological polar surface area (TPSA) is 46.6 Å². The highest BCUT2D eigenvalue weighted by Crippen LogP contribution is 2.30. The zero-order valence-corrected chi connectivity index (χ0v) is 13.2. The summed E-state index contributed by atoms with van der Waals surface area (Å²) in [5, 5.41) is 0. The fourth-order valence-corrected chi connectivity index (χ4v) is 1.99. The lowest BCUT2D eigenvalue weighted by molar-refractivity contribution is -0.173. The predicted octanol–water partition coefficient (Wildman–Crippen LogP) is 3.01. The molecule has 4 nitrogen and oxygen atoms in total. The van der Waals surface area contributed by atoms with E-state index in [-0.39, 0.29) is 13.2 Å². The minimum atomic E-state index is -4.50. The first-order valence-electron chi connectivity index (χ1n) is 6.96. The fourth-order valence-electron chi connectivity index (χ4n) is 1.99. The zero-order valence-electron chi connectivity index (χ0n) is 13.2. The minimum absolute atomic E-state index is 0.0513. The van der Waals surface area contributed by atoms with E-state index in [1.165, 1.54) is 0 Å². The molecule has 0 aliphatic carbocycles. The molecule has 0 aromatic rings. The van der Waals surface area contributed by atoms with E-state index in [0.717, 1.165) is 0 Å². The number of alkyl halides is 3. The van der Waals surface area contributed by atoms with Crippen LogP contribution in [-0.4, -0.2) is 42.6 Å². The van der Waals surface area contributed by atoms with Crippen molar-refractivity contribution in [3.8, 4) is 0 Å². The van der Waals surface area contributed by atoms with E-state index in [2.05, 4.69) is 0 Å². The predicted molar refractivity (Wildman–Crippen MR) is 72.5 cm³/mol. The van der Waals surface area contributed by atoms with Gasteiger partial charge in [-0.3, -0.25) is 9.59 Å². The number of carbonyl (C=O) groups excluding carboxylic acids is 2. The fraction of sp³-hybridized carbons (Fsp3) is 0.857. The lowest BCUT2D eigenvalue weighted by Gasteiger charge is -2.33. The summed E-state index contributed by atoms with van der Waals surface area (Å²) < 4.78 is 42.6. The second-order valence-corrected chi connectivity index (χ2v) is 5.93. The third-order valence-corrected chi connectivity index (χ3v) is 2.81. The van der Waals surface area contributed by atoms with Gasteiger partial charge < -0.3 is 9.64 Å². The van der Waals surface area contributed by atoms with Crippen molar-refractivity contribution in [2.24, 2.45) is 11.3 Å². The number of amides is 1. The molecule has 0 rings (SSSR count). The molecule has 124 valence electrons. The van der Waals surface area contributed by atoms with Gasteiger partial charge in [-0.1, -0.05) is 27.7 Å². The molecular weight excluding hydrogens is 287 g/mol. The smallest absolute Gasteiger partial charge is 0.406 e. The number of hydrogen-bond donors (Lipinski definition) is 0. The first-order valence-corrected chi connectivity index (χ1v) is 6.96. The van der Waals surface area contributed by atoms with Crippen LogP contribution in [0.25, 0.3) is 0 Å². The molecule has 0 N–H and O–H groups in total. The number of esters is 1. The lowest BCUT2D eigenvalue weighted by Crippen LogP contribution is -2.49. The van der Waals surface area contributed by atoms with Gasteiger partial charge in [0.15, 0.2) is 0 Å². The average Bonchev–Trinajstić information content (AvgIpc) is 2.25. The van der Waals surface area contributed by atoms with Gasteiger partial charge in [-0.15, -0.1) is 0 Å². The summed E-state index contributed by atoms with van der Waals surface area (Å²) >= 11 is 0. The van der Waals surface area contributed by atoms with Gasteiger partial charge in [0.25, 0.3) is 0 Å². The number of nitrogens with zero attached hydrogens (tertiary/aromatic N) is 1. The Morgan fingerprint density at radius 3 is 2.00 bits per heavy atom. The highest BCUT2D eigenvalue weighted by molar-refractivity contribution is 5.98. The highest BCUT2D eigenvalue weighted by Gasteiger charge is 2.43. The van der Waals surface area contributed by atoms with Crippen molar-refractivity contribution in [1.29, 1.82) is 0 Å². The summed E-state index contributed by atoms with van der Waals surface area (Å²) in [7, 11) is 0. The first kappa shape index (κ1) is 19.7. The second-order valence-electron chi connectivity index (χ2n) is 5.93. The Kier molecular flexibility index (Phi) is 7.19. The van der Waals surface area contributed by atoms with Gasteiger partial charge in [0, 0.05) is 6.54 Å². The molecule has 0 radical (unpaired) electrons. The molecule has 0 aromatic heterocycles. The Bertz CT molecular complexity index is 361. The maximum Gasteiger partial charge on any atom is 0.406 e. The van der Waals surface area contributed by atoms with Crippen molar-refractivity contribution < 1.29 is 27.5 Å². The molecule has 1 unspecified atom stereocenters. The van der Waals surface area contributed by atoms with Crippen LogP contribution in [-0.2, 0) is 14.3 Å². The maximum absolute atomic E-state index is 12.6. The summed E-state index contributed by atoms with van der Waals surface area (Å²) in [5.74, 6) is -2.86. The molecule has 0 spiro atoms. The van der Waals surface area contributed by atoms with Crippen molar-refractivity contribution in [3.63, 3.8) is 0 Å². The van der Waals surface area contributed by atoms with Gasteiger partial charge in [-0.2, -0.15) is 13.2 Å². The average molecular weight is 311 g/mol. The van der Waals surface area contributed by atoms with E-state index in [1.54, 1.807) is 34.6 Å². The van der Waals surface area contributed by atoms with Crippen LogP contribution in [0.15, 0.2) is 0 Å². The standard InChI is InChI=1S/C14H24F3NO3/c1-6-8-18(9-14(15,16)17)11(19)10(13(3,4)5)12(20)21-7-2/h10H,6-9H2,1-5H3. The van der Waals surface area contributed by atoms with Crippen LogP contribution in [0.2, 0.25) is 0 Å². The molecule has 0 saturated heterocycles. The molecule has 0 aliphatic heterocycles. The summed E-state index contributed by atoms with van der Waals surface area (Å²) in [4.78, 5) is 25.0. The molecule has 7 heteroatoms. The van der Waals surface area contributed by atoms with Crippen LogP contribution >= 0.6 is 0 Å². The van der Waals surface area contributed by atoms with Crippen LogP contribution in [0, 0.1) is 11.3 Å². The molecule has 1 amide bonds. The SMILES string of the molecule is CCCN(CC(F)(F)F)C(=O)C(C(=O)OCC)C(C)(C)C. The highest BCUT2D eigenvalue weighted by atomic mass is 19.4. The number of rotatable bonds is 6. The summed E-state index contributed by atoms with van der Waals surface area (Å²) in [6.45, 7) is 6.81. The molecule has 0 fully saturated rings. The maximum atomic E-state index is 12.6. The van der Waals surface area contributed by atoms with E-state index < -0.39 is 35.9 Å². The second kappa shape index (κ2) is 7.66. The monoisotopic (exact) mass is 311 g/mol. The quantitative estimate of drug-likeness (QED) is 0.559. The summed E-state index contributed by atoms with van der Waals surface area (Å²) in [5.41, 5.74) is -0.819. The minimum Gasteiger partial charge on any atom is -0.465 e. The number of carbonyl (C=O) groups is 2. The zero-order chi connectivity index (χ0) is 16.8. The van der Waals surface area contributed by atoms with Crippen LogP contribution < -0.4 is 0 Å². The van der Waals surface area contributed by atoms with Crippen molar-refractivity contribution in [2.45, 2.75) is 47.2 Å². The molecular formula is C14H24F3NO3. The van der Waals surface area contributed by atoms with Crippen molar-refractivity contribution in [1.82, 2.24) is 4.90 Å². The van der Waals surface area contributed by atoms with Gasteiger partial charge in [0.1, 0.15) is 12.5 Å². The van der Waals surface area contributed by atoms with E-state index >= 15 is 0 Å². The molecule has 21 heavy (non-hydrogen) atoms. The van der Waals surface area contributed by atoms with Gasteiger partial charge in [0.05, 0.1) is 6.61 Å². The Morgan fingerprint density at radius 1 is 1.14 bits per heavy atom.